The summed E-state index contributed by atoms with van der Waals surface area (Å²) in [6, 6.07) is 0. The summed E-state index contributed by atoms with van der Waals surface area (Å²) in [7, 11) is 4.21. The maximum atomic E-state index is 12.3. The standard InChI is InChI=1S/C32H56N2O2.ClH/c1-22(2)9-8-10-23(3)27-13-14-28-26-12-11-24-21-25(36-30(35)33-19-20-34(6)7)15-17-31(24,4)29(26)16-18-32(27,28)5;/h11,22-23,25-29H,8-10,12-21H2,1-7H3,(H,33,35);1H/t23-,25+,26+,27-,28+,29+,31+,32-;/m1./s1. The van der Waals surface area contributed by atoms with Crippen LogP contribution >= 0.6 is 0 Å². The van der Waals surface area contributed by atoms with E-state index in [0.717, 1.165) is 54.9 Å². The zero-order valence-electron chi connectivity index (χ0n) is 25.0. The first-order valence-electron chi connectivity index (χ1n) is 15.5. The molecule has 0 aromatic carbocycles. The Morgan fingerprint density at radius 2 is 1.84 bits per heavy atom. The van der Waals surface area contributed by atoms with Crippen LogP contribution in [0.4, 0.5) is 4.79 Å². The van der Waals surface area contributed by atoms with Gasteiger partial charge in [-0.15, -0.1) is 0 Å². The van der Waals surface area contributed by atoms with Gasteiger partial charge >= 0.3 is 6.09 Å². The predicted octanol–water partition coefficient (Wildman–Crippen LogP) is 3.27. The van der Waals surface area contributed by atoms with Crippen LogP contribution in [0.2, 0.25) is 0 Å². The minimum Gasteiger partial charge on any atom is -1.00 e. The fourth-order valence-electron chi connectivity index (χ4n) is 9.36. The van der Waals surface area contributed by atoms with Gasteiger partial charge in [-0.1, -0.05) is 65.5 Å². The first kappa shape index (κ1) is 30.8. The smallest absolute Gasteiger partial charge is 0.407 e. The lowest BCUT2D eigenvalue weighted by Gasteiger charge is -2.58. The third kappa shape index (κ3) is 6.53. The Balaban J connectivity index is 0.00000380. The Bertz CT molecular complexity index is 798. The van der Waals surface area contributed by atoms with Gasteiger partial charge in [0.25, 0.3) is 0 Å². The molecule has 0 saturated heterocycles. The quantitative estimate of drug-likeness (QED) is 0.444. The predicted molar refractivity (Wildman–Crippen MR) is 149 cm³/mol. The van der Waals surface area contributed by atoms with E-state index in [9.17, 15) is 4.79 Å². The van der Waals surface area contributed by atoms with Gasteiger partial charge in [-0.2, -0.15) is 0 Å². The van der Waals surface area contributed by atoms with E-state index in [2.05, 4.69) is 60.1 Å². The van der Waals surface area contributed by atoms with Gasteiger partial charge in [0.1, 0.15) is 6.10 Å². The third-order valence-corrected chi connectivity index (χ3v) is 11.4. The number of carbonyl (C=O) groups is 1. The van der Waals surface area contributed by atoms with E-state index in [1.54, 1.807) is 5.57 Å². The normalized spacial score (nSPS) is 37.6. The average molecular weight is 537 g/mol. The highest BCUT2D eigenvalue weighted by Crippen LogP contribution is 2.67. The molecule has 0 unspecified atom stereocenters. The van der Waals surface area contributed by atoms with Crippen molar-refractivity contribution in [3.63, 3.8) is 0 Å². The molecule has 214 valence electrons. The number of carbonyl (C=O) groups excluding carboxylic acids is 1. The second kappa shape index (κ2) is 12.6. The molecule has 4 aliphatic rings. The summed E-state index contributed by atoms with van der Waals surface area (Å²) < 4.78 is 5.88. The fraction of sp³-hybridized carbons (Fsp3) is 0.906. The summed E-state index contributed by atoms with van der Waals surface area (Å²) in [5, 5.41) is 2.95. The minimum absolute atomic E-state index is 0. The van der Waals surface area contributed by atoms with Crippen LogP contribution in [0.3, 0.4) is 0 Å². The van der Waals surface area contributed by atoms with Gasteiger partial charge in [0.05, 0.1) is 27.2 Å². The van der Waals surface area contributed by atoms with Gasteiger partial charge in [0.15, 0.2) is 0 Å². The molecule has 3 saturated carbocycles. The summed E-state index contributed by atoms with van der Waals surface area (Å²) in [5.74, 6) is 5.22. The second-order valence-corrected chi connectivity index (χ2v) is 14.4. The molecule has 3 fully saturated rings. The zero-order valence-corrected chi connectivity index (χ0v) is 25.8. The number of allylic oxidation sites excluding steroid dienone is 1. The van der Waals surface area contributed by atoms with Crippen molar-refractivity contribution in [3.8, 4) is 0 Å². The van der Waals surface area contributed by atoms with Crippen molar-refractivity contribution in [1.82, 2.24) is 5.32 Å². The van der Waals surface area contributed by atoms with Crippen LogP contribution in [0, 0.1) is 46.3 Å². The van der Waals surface area contributed by atoms with Crippen molar-refractivity contribution in [2.24, 2.45) is 46.3 Å². The number of quaternary nitrogens is 1. The number of rotatable bonds is 9. The van der Waals surface area contributed by atoms with Gasteiger partial charge in [-0.05, 0) is 91.3 Å². The van der Waals surface area contributed by atoms with E-state index in [-0.39, 0.29) is 24.6 Å². The van der Waals surface area contributed by atoms with E-state index < -0.39 is 0 Å². The van der Waals surface area contributed by atoms with E-state index in [1.807, 2.05) is 0 Å². The molecule has 5 heteroatoms. The van der Waals surface area contributed by atoms with Crippen LogP contribution in [-0.2, 0) is 4.74 Å². The van der Waals surface area contributed by atoms with E-state index >= 15 is 0 Å². The maximum Gasteiger partial charge on any atom is 0.407 e. The molecule has 1 amide bonds. The van der Waals surface area contributed by atoms with Crippen LogP contribution in [0.1, 0.15) is 105 Å². The average Bonchev–Trinajstić information content (AvgIpc) is 3.16. The molecule has 0 aliphatic heterocycles. The molecule has 2 N–H and O–H groups in total. The molecule has 0 spiro atoms. The van der Waals surface area contributed by atoms with Crippen LogP contribution < -0.4 is 22.6 Å². The highest BCUT2D eigenvalue weighted by atomic mass is 35.5. The van der Waals surface area contributed by atoms with Crippen molar-refractivity contribution in [3.05, 3.63) is 11.6 Å². The number of hydrogen-bond donors (Lipinski definition) is 2. The number of nitrogens with one attached hydrogen (secondary N) is 2. The Morgan fingerprint density at radius 3 is 2.54 bits per heavy atom. The Labute approximate surface area is 234 Å². The van der Waals surface area contributed by atoms with Gasteiger partial charge in [0.2, 0.25) is 0 Å². The molecular weight excluding hydrogens is 480 g/mol. The monoisotopic (exact) mass is 536 g/mol. The zero-order chi connectivity index (χ0) is 26.1. The molecule has 4 nitrogen and oxygen atoms in total. The molecular formula is C32H57ClN2O2. The SMILES string of the molecule is CC(C)CCC[C@@H](C)[C@H]1CC[C@H]2[C@@H]3CC=C4C[C@@H](OC(=O)NCC[NH+](C)C)CC[C@]4(C)[C@H]3CC[C@]12C.[Cl-]. The largest absolute Gasteiger partial charge is 1.00 e. The van der Waals surface area contributed by atoms with Gasteiger partial charge < -0.3 is 27.4 Å². The van der Waals surface area contributed by atoms with Crippen molar-refractivity contribution in [2.75, 3.05) is 27.2 Å². The van der Waals surface area contributed by atoms with Crippen molar-refractivity contribution >= 4 is 6.09 Å². The van der Waals surface area contributed by atoms with E-state index in [4.69, 9.17) is 4.74 Å². The highest BCUT2D eigenvalue weighted by Gasteiger charge is 2.59. The lowest BCUT2D eigenvalue weighted by Crippen LogP contribution is -3.06. The molecule has 0 radical (unpaired) electrons. The number of fused-ring (bicyclic) bond motifs is 5. The molecule has 0 heterocycles. The Morgan fingerprint density at radius 1 is 1.08 bits per heavy atom. The van der Waals surface area contributed by atoms with Crippen LogP contribution in [0.25, 0.3) is 0 Å². The lowest BCUT2D eigenvalue weighted by molar-refractivity contribution is -0.856. The maximum absolute atomic E-state index is 12.3. The summed E-state index contributed by atoms with van der Waals surface area (Å²) in [6.45, 7) is 14.2. The number of alkyl carbamates (subject to hydrolysis) is 1. The molecule has 4 rings (SSSR count). The van der Waals surface area contributed by atoms with Crippen LogP contribution in [-0.4, -0.2) is 39.4 Å². The molecule has 4 aliphatic carbocycles. The fourth-order valence-corrected chi connectivity index (χ4v) is 9.36. The first-order chi connectivity index (χ1) is 17.0. The second-order valence-electron chi connectivity index (χ2n) is 14.4. The number of halogens is 1. The number of likely N-dealkylation sites (N-methyl/N-ethyl adjacent to an activating group) is 1. The van der Waals surface area contributed by atoms with Crippen molar-refractivity contribution in [2.45, 2.75) is 111 Å². The Hall–Kier alpha value is -0.740. The van der Waals surface area contributed by atoms with E-state index in [1.165, 1.54) is 62.7 Å². The molecule has 0 aromatic rings. The molecule has 0 aromatic heterocycles. The van der Waals surface area contributed by atoms with Gasteiger partial charge in [-0.3, -0.25) is 0 Å². The lowest BCUT2D eigenvalue weighted by atomic mass is 9.47. The molecule has 0 bridgehead atoms. The number of ether oxygens (including phenoxy) is 1. The highest BCUT2D eigenvalue weighted by molar-refractivity contribution is 5.67. The summed E-state index contributed by atoms with van der Waals surface area (Å²) in [4.78, 5) is 13.7. The summed E-state index contributed by atoms with van der Waals surface area (Å²) in [5.41, 5.74) is 2.47. The topological polar surface area (TPSA) is 42.8 Å². The number of hydrogen-bond acceptors (Lipinski definition) is 2. The first-order valence-corrected chi connectivity index (χ1v) is 15.5. The molecule has 37 heavy (non-hydrogen) atoms. The van der Waals surface area contributed by atoms with Crippen molar-refractivity contribution < 1.29 is 26.8 Å². The summed E-state index contributed by atoms with van der Waals surface area (Å²) >= 11 is 0. The number of amides is 1. The van der Waals surface area contributed by atoms with Crippen LogP contribution in [0.15, 0.2) is 11.6 Å². The van der Waals surface area contributed by atoms with Crippen molar-refractivity contribution in [1.29, 1.82) is 0 Å². The third-order valence-electron chi connectivity index (χ3n) is 11.4. The molecule has 8 atom stereocenters. The minimum atomic E-state index is -0.230. The van der Waals surface area contributed by atoms with E-state index in [0.29, 0.717) is 17.4 Å². The Kier molecular flexibility index (Phi) is 10.5. The summed E-state index contributed by atoms with van der Waals surface area (Å²) in [6.07, 6.45) is 16.8. The van der Waals surface area contributed by atoms with Gasteiger partial charge in [-0.25, -0.2) is 4.79 Å². The van der Waals surface area contributed by atoms with Crippen LogP contribution in [0.5, 0.6) is 0 Å². The van der Waals surface area contributed by atoms with Gasteiger partial charge in [0, 0.05) is 6.42 Å².